The van der Waals surface area contributed by atoms with Gasteiger partial charge < -0.3 is 10.1 Å². The van der Waals surface area contributed by atoms with Crippen molar-refractivity contribution in [2.75, 3.05) is 19.0 Å². The maximum absolute atomic E-state index is 12.1. The molecule has 2 N–H and O–H groups in total. The van der Waals surface area contributed by atoms with Gasteiger partial charge in [0.15, 0.2) is 5.13 Å². The average molecular weight is 397 g/mol. The molecule has 0 fully saturated rings. The van der Waals surface area contributed by atoms with Crippen LogP contribution in [-0.2, 0) is 17.6 Å². The SMILES string of the molecule is COc1cccc(CCNC(=O)Cc2csc(NC(=O)c3ncccn3)n2)c1. The van der Waals surface area contributed by atoms with Crippen molar-refractivity contribution in [1.82, 2.24) is 20.3 Å². The van der Waals surface area contributed by atoms with E-state index in [4.69, 9.17) is 4.74 Å². The lowest BCUT2D eigenvalue weighted by Crippen LogP contribution is -2.27. The van der Waals surface area contributed by atoms with Crippen molar-refractivity contribution in [3.63, 3.8) is 0 Å². The standard InChI is InChI=1S/C19H19N5O3S/c1-27-15-5-2-4-13(10-15)6-9-20-16(25)11-14-12-28-19(23-14)24-18(26)17-21-7-3-8-22-17/h2-5,7-8,10,12H,6,9,11H2,1H3,(H,20,25)(H,23,24,26). The first-order chi connectivity index (χ1) is 13.6. The Morgan fingerprint density at radius 2 is 2.00 bits per heavy atom. The number of aromatic nitrogens is 3. The lowest BCUT2D eigenvalue weighted by molar-refractivity contribution is -0.120. The Labute approximate surface area is 166 Å². The summed E-state index contributed by atoms with van der Waals surface area (Å²) < 4.78 is 5.19. The van der Waals surface area contributed by atoms with Crippen LogP contribution in [0.3, 0.4) is 0 Å². The van der Waals surface area contributed by atoms with Gasteiger partial charge in [-0.3, -0.25) is 14.9 Å². The van der Waals surface area contributed by atoms with Gasteiger partial charge in [0.05, 0.1) is 19.2 Å². The summed E-state index contributed by atoms with van der Waals surface area (Å²) in [6, 6.07) is 9.36. The molecule has 0 bridgehead atoms. The molecule has 144 valence electrons. The third-order valence-corrected chi connectivity index (χ3v) is 4.56. The smallest absolute Gasteiger partial charge is 0.295 e. The average Bonchev–Trinajstić information content (AvgIpc) is 3.15. The van der Waals surface area contributed by atoms with Crippen molar-refractivity contribution in [3.05, 3.63) is 65.2 Å². The zero-order valence-electron chi connectivity index (χ0n) is 15.2. The molecule has 0 aliphatic carbocycles. The number of carbonyl (C=O) groups is 2. The van der Waals surface area contributed by atoms with Gasteiger partial charge in [0.2, 0.25) is 11.7 Å². The minimum Gasteiger partial charge on any atom is -0.497 e. The van der Waals surface area contributed by atoms with E-state index in [2.05, 4.69) is 25.6 Å². The van der Waals surface area contributed by atoms with Crippen LogP contribution >= 0.6 is 11.3 Å². The number of nitrogens with zero attached hydrogens (tertiary/aromatic N) is 3. The van der Waals surface area contributed by atoms with E-state index in [-0.39, 0.29) is 18.2 Å². The first kappa shape index (κ1) is 19.4. The van der Waals surface area contributed by atoms with Crippen molar-refractivity contribution in [3.8, 4) is 5.75 Å². The Morgan fingerprint density at radius 3 is 2.79 bits per heavy atom. The summed E-state index contributed by atoms with van der Waals surface area (Å²) in [5.41, 5.74) is 1.68. The Kier molecular flexibility index (Phi) is 6.64. The number of anilines is 1. The summed E-state index contributed by atoms with van der Waals surface area (Å²) in [5.74, 6) is 0.290. The molecule has 0 aliphatic heterocycles. The van der Waals surface area contributed by atoms with Crippen LogP contribution in [0.1, 0.15) is 21.9 Å². The molecule has 0 unspecified atom stereocenters. The third kappa shape index (κ3) is 5.58. The second-order valence-corrected chi connectivity index (χ2v) is 6.66. The quantitative estimate of drug-likeness (QED) is 0.603. The van der Waals surface area contributed by atoms with E-state index < -0.39 is 5.91 Å². The second-order valence-electron chi connectivity index (χ2n) is 5.80. The summed E-state index contributed by atoms with van der Waals surface area (Å²) in [7, 11) is 1.62. The zero-order valence-corrected chi connectivity index (χ0v) is 16.0. The fraction of sp³-hybridized carbons (Fsp3) is 0.211. The van der Waals surface area contributed by atoms with Gasteiger partial charge in [0, 0.05) is 24.3 Å². The number of amides is 2. The highest BCUT2D eigenvalue weighted by molar-refractivity contribution is 7.14. The molecule has 3 aromatic rings. The van der Waals surface area contributed by atoms with E-state index in [1.54, 1.807) is 18.6 Å². The zero-order chi connectivity index (χ0) is 19.8. The fourth-order valence-electron chi connectivity index (χ4n) is 2.42. The first-order valence-electron chi connectivity index (χ1n) is 8.56. The molecule has 3 rings (SSSR count). The molecule has 2 heterocycles. The van der Waals surface area contributed by atoms with Crippen molar-refractivity contribution in [2.45, 2.75) is 12.8 Å². The van der Waals surface area contributed by atoms with Gasteiger partial charge in [-0.15, -0.1) is 11.3 Å². The van der Waals surface area contributed by atoms with Crippen LogP contribution in [0, 0.1) is 0 Å². The largest absolute Gasteiger partial charge is 0.497 e. The molecule has 0 saturated heterocycles. The van der Waals surface area contributed by atoms with Crippen LogP contribution in [0.4, 0.5) is 5.13 Å². The molecule has 0 spiro atoms. The van der Waals surface area contributed by atoms with Crippen LogP contribution in [0.5, 0.6) is 5.75 Å². The van der Waals surface area contributed by atoms with Crippen molar-refractivity contribution in [2.24, 2.45) is 0 Å². The number of hydrogen-bond acceptors (Lipinski definition) is 7. The minimum atomic E-state index is -0.441. The van der Waals surface area contributed by atoms with Crippen LogP contribution in [0.15, 0.2) is 48.1 Å². The maximum Gasteiger partial charge on any atom is 0.295 e. The van der Waals surface area contributed by atoms with Crippen molar-refractivity contribution >= 4 is 28.3 Å². The van der Waals surface area contributed by atoms with Crippen LogP contribution in [0.25, 0.3) is 0 Å². The van der Waals surface area contributed by atoms with Gasteiger partial charge in [0.1, 0.15) is 5.75 Å². The van der Waals surface area contributed by atoms with E-state index in [0.29, 0.717) is 23.8 Å². The number of methoxy groups -OCH3 is 1. The number of ether oxygens (including phenoxy) is 1. The number of thiazole rings is 1. The highest BCUT2D eigenvalue weighted by Gasteiger charge is 2.12. The predicted molar refractivity (Wildman–Crippen MR) is 106 cm³/mol. The van der Waals surface area contributed by atoms with Crippen LogP contribution in [-0.4, -0.2) is 40.4 Å². The first-order valence-corrected chi connectivity index (χ1v) is 9.44. The summed E-state index contributed by atoms with van der Waals surface area (Å²) in [6.45, 7) is 0.519. The van der Waals surface area contributed by atoms with Crippen molar-refractivity contribution < 1.29 is 14.3 Å². The summed E-state index contributed by atoms with van der Waals surface area (Å²) in [5, 5.41) is 7.64. The second kappa shape index (κ2) is 9.56. The van der Waals surface area contributed by atoms with Gasteiger partial charge in [0.25, 0.3) is 5.91 Å². The van der Waals surface area contributed by atoms with Gasteiger partial charge in [-0.05, 0) is 30.2 Å². The molecule has 1 aromatic carbocycles. The monoisotopic (exact) mass is 397 g/mol. The molecular formula is C19H19N5O3S. The fourth-order valence-corrected chi connectivity index (χ4v) is 3.12. The van der Waals surface area contributed by atoms with E-state index in [1.807, 2.05) is 24.3 Å². The summed E-state index contributed by atoms with van der Waals surface area (Å²) in [6.07, 6.45) is 3.83. The molecular weight excluding hydrogens is 378 g/mol. The Hall–Kier alpha value is -3.33. The molecule has 0 saturated carbocycles. The van der Waals surface area contributed by atoms with E-state index in [1.165, 1.54) is 23.7 Å². The third-order valence-electron chi connectivity index (χ3n) is 3.75. The number of benzene rings is 1. The Bertz CT molecular complexity index is 946. The van der Waals surface area contributed by atoms with E-state index >= 15 is 0 Å². The maximum atomic E-state index is 12.1. The van der Waals surface area contributed by atoms with Gasteiger partial charge in [-0.2, -0.15) is 0 Å². The van der Waals surface area contributed by atoms with Crippen LogP contribution in [0.2, 0.25) is 0 Å². The summed E-state index contributed by atoms with van der Waals surface area (Å²) in [4.78, 5) is 36.1. The van der Waals surface area contributed by atoms with Crippen molar-refractivity contribution in [1.29, 1.82) is 0 Å². The Balaban J connectivity index is 1.45. The number of nitrogens with one attached hydrogen (secondary N) is 2. The van der Waals surface area contributed by atoms with Crippen LogP contribution < -0.4 is 15.4 Å². The molecule has 9 heteroatoms. The van der Waals surface area contributed by atoms with E-state index in [0.717, 1.165) is 11.3 Å². The van der Waals surface area contributed by atoms with Gasteiger partial charge >= 0.3 is 0 Å². The number of rotatable bonds is 8. The highest BCUT2D eigenvalue weighted by atomic mass is 32.1. The molecule has 0 atom stereocenters. The molecule has 0 aliphatic rings. The number of hydrogen-bond donors (Lipinski definition) is 2. The minimum absolute atomic E-state index is 0.0644. The van der Waals surface area contributed by atoms with Gasteiger partial charge in [-0.25, -0.2) is 15.0 Å². The lowest BCUT2D eigenvalue weighted by atomic mass is 10.1. The highest BCUT2D eigenvalue weighted by Crippen LogP contribution is 2.16. The summed E-state index contributed by atoms with van der Waals surface area (Å²) >= 11 is 1.25. The van der Waals surface area contributed by atoms with E-state index in [9.17, 15) is 9.59 Å². The molecule has 2 aromatic heterocycles. The topological polar surface area (TPSA) is 106 Å². The molecule has 28 heavy (non-hydrogen) atoms. The Morgan fingerprint density at radius 1 is 1.18 bits per heavy atom. The van der Waals surface area contributed by atoms with Gasteiger partial charge in [-0.1, -0.05) is 12.1 Å². The normalized spacial score (nSPS) is 10.3. The number of carbonyl (C=O) groups excluding carboxylic acids is 2. The lowest BCUT2D eigenvalue weighted by Gasteiger charge is -2.06. The molecule has 8 nitrogen and oxygen atoms in total. The predicted octanol–water partition coefficient (Wildman–Crippen LogP) is 2.10. The molecule has 2 amide bonds. The molecule has 0 radical (unpaired) electrons.